The van der Waals surface area contributed by atoms with Crippen LogP contribution in [0.1, 0.15) is 37.2 Å². The second-order valence-electron chi connectivity index (χ2n) is 7.01. The Bertz CT molecular complexity index is 623. The van der Waals surface area contributed by atoms with Gasteiger partial charge in [-0.3, -0.25) is 4.98 Å². The largest absolute Gasteiger partial charge is 0.316 e. The number of nitrogens with zero attached hydrogens (tertiary/aromatic N) is 1. The van der Waals surface area contributed by atoms with Crippen molar-refractivity contribution in [3.05, 3.63) is 54.4 Å². The van der Waals surface area contributed by atoms with Gasteiger partial charge in [-0.05, 0) is 73.7 Å². The van der Waals surface area contributed by atoms with Crippen molar-refractivity contribution in [2.75, 3.05) is 13.1 Å². The van der Waals surface area contributed by atoms with Crippen LogP contribution >= 0.6 is 0 Å². The van der Waals surface area contributed by atoms with Gasteiger partial charge in [-0.1, -0.05) is 30.3 Å². The molecule has 2 heterocycles. The van der Waals surface area contributed by atoms with Gasteiger partial charge in [-0.25, -0.2) is 0 Å². The third kappa shape index (κ3) is 2.93. The zero-order chi connectivity index (χ0) is 14.8. The molecule has 1 aromatic carbocycles. The minimum atomic E-state index is 0.686. The Morgan fingerprint density at radius 1 is 0.864 bits per heavy atom. The summed E-state index contributed by atoms with van der Waals surface area (Å²) >= 11 is 0. The molecule has 2 nitrogen and oxygen atoms in total. The molecule has 0 amide bonds. The van der Waals surface area contributed by atoms with E-state index >= 15 is 0 Å². The van der Waals surface area contributed by atoms with Crippen molar-refractivity contribution < 1.29 is 0 Å². The van der Waals surface area contributed by atoms with Gasteiger partial charge in [-0.15, -0.1) is 0 Å². The third-order valence-corrected chi connectivity index (χ3v) is 5.41. The van der Waals surface area contributed by atoms with E-state index in [-0.39, 0.29) is 0 Å². The highest BCUT2D eigenvalue weighted by atomic mass is 14.9. The van der Waals surface area contributed by atoms with Gasteiger partial charge in [0.25, 0.3) is 0 Å². The highest BCUT2D eigenvalue weighted by Gasteiger charge is 2.29. The molecule has 2 heteroatoms. The number of nitrogens with one attached hydrogen (secondary N) is 1. The Balaban J connectivity index is 1.59. The van der Waals surface area contributed by atoms with Crippen molar-refractivity contribution in [2.45, 2.75) is 31.6 Å². The molecular formula is C20H24N2. The Labute approximate surface area is 133 Å². The average molecular weight is 292 g/mol. The van der Waals surface area contributed by atoms with E-state index in [0.717, 1.165) is 11.8 Å². The zero-order valence-corrected chi connectivity index (χ0v) is 13.0. The first-order chi connectivity index (χ1) is 10.9. The molecule has 1 saturated heterocycles. The molecule has 114 valence electrons. The lowest BCUT2D eigenvalue weighted by Gasteiger charge is -2.27. The van der Waals surface area contributed by atoms with Crippen LogP contribution in [-0.4, -0.2) is 18.1 Å². The number of rotatable bonds is 2. The quantitative estimate of drug-likeness (QED) is 0.895. The van der Waals surface area contributed by atoms with E-state index in [1.165, 1.54) is 55.5 Å². The molecule has 1 N–H and O–H groups in total. The van der Waals surface area contributed by atoms with E-state index in [4.69, 9.17) is 0 Å². The number of pyridine rings is 1. The summed E-state index contributed by atoms with van der Waals surface area (Å²) in [6, 6.07) is 13.0. The number of piperidine rings is 1. The minimum absolute atomic E-state index is 0.686. The minimum Gasteiger partial charge on any atom is -0.316 e. The first kappa shape index (κ1) is 14.0. The van der Waals surface area contributed by atoms with Crippen LogP contribution in [0.15, 0.2) is 48.8 Å². The van der Waals surface area contributed by atoms with E-state index in [1.54, 1.807) is 0 Å². The van der Waals surface area contributed by atoms with Crippen molar-refractivity contribution in [3.63, 3.8) is 0 Å². The summed E-state index contributed by atoms with van der Waals surface area (Å²) in [4.78, 5) is 4.54. The predicted molar refractivity (Wildman–Crippen MR) is 90.7 cm³/mol. The van der Waals surface area contributed by atoms with Crippen LogP contribution in [0.3, 0.4) is 0 Å². The Hall–Kier alpha value is -1.67. The molecule has 0 radical (unpaired) electrons. The van der Waals surface area contributed by atoms with Gasteiger partial charge < -0.3 is 5.32 Å². The van der Waals surface area contributed by atoms with Crippen LogP contribution < -0.4 is 5.32 Å². The number of aromatic nitrogens is 1. The maximum atomic E-state index is 4.54. The topological polar surface area (TPSA) is 24.9 Å². The summed E-state index contributed by atoms with van der Waals surface area (Å²) in [5.74, 6) is 2.44. The Morgan fingerprint density at radius 3 is 2.64 bits per heavy atom. The van der Waals surface area contributed by atoms with E-state index in [2.05, 4.69) is 52.9 Å². The highest BCUT2D eigenvalue weighted by Crippen LogP contribution is 2.39. The van der Waals surface area contributed by atoms with Gasteiger partial charge in [0, 0.05) is 18.0 Å². The normalized spacial score (nSPS) is 28.1. The van der Waals surface area contributed by atoms with E-state index in [0.29, 0.717) is 5.92 Å². The molecule has 1 aliphatic carbocycles. The lowest BCUT2D eigenvalue weighted by Crippen LogP contribution is -2.35. The second-order valence-corrected chi connectivity index (χ2v) is 7.01. The molecule has 0 spiro atoms. The van der Waals surface area contributed by atoms with Crippen LogP contribution in [0.4, 0.5) is 0 Å². The summed E-state index contributed by atoms with van der Waals surface area (Å²) < 4.78 is 0. The predicted octanol–water partition coefficient (Wildman–Crippen LogP) is 4.24. The van der Waals surface area contributed by atoms with Gasteiger partial charge in [0.05, 0.1) is 0 Å². The number of benzene rings is 1. The van der Waals surface area contributed by atoms with E-state index in [1.807, 2.05) is 6.20 Å². The zero-order valence-electron chi connectivity index (χ0n) is 13.0. The fraction of sp³-hybridized carbons (Fsp3) is 0.450. The van der Waals surface area contributed by atoms with Gasteiger partial charge >= 0.3 is 0 Å². The fourth-order valence-corrected chi connectivity index (χ4v) is 4.26. The second kappa shape index (κ2) is 6.21. The summed E-state index contributed by atoms with van der Waals surface area (Å²) in [6.45, 7) is 2.43. The smallest absolute Gasteiger partial charge is 0.0346 e. The molecule has 2 aliphatic rings. The molecule has 3 unspecified atom stereocenters. The number of fused-ring (bicyclic) bond motifs is 2. The standard InChI is InChI=1S/C20H24N2/c1-2-4-17(5-3-1)19-10-20(14-22-13-19)18-7-6-15-8-16(9-18)12-21-11-15/h1-5,10,13-16,18,21H,6-9,11-12H2. The van der Waals surface area contributed by atoms with Crippen LogP contribution in [0.25, 0.3) is 11.1 Å². The summed E-state index contributed by atoms with van der Waals surface area (Å²) in [7, 11) is 0. The van der Waals surface area contributed by atoms with Crippen LogP contribution in [0.5, 0.6) is 0 Å². The van der Waals surface area contributed by atoms with Crippen LogP contribution in [-0.2, 0) is 0 Å². The SMILES string of the molecule is c1ccc(-c2cncc(C3CCC4CNCC(C4)C3)c2)cc1. The van der Waals surface area contributed by atoms with Crippen molar-refractivity contribution >= 4 is 0 Å². The first-order valence-electron chi connectivity index (χ1n) is 8.59. The maximum absolute atomic E-state index is 4.54. The molecular weight excluding hydrogens is 268 g/mol. The number of hydrogen-bond acceptors (Lipinski definition) is 2. The summed E-state index contributed by atoms with van der Waals surface area (Å²) in [6.07, 6.45) is 9.53. The monoisotopic (exact) mass is 292 g/mol. The first-order valence-corrected chi connectivity index (χ1v) is 8.59. The summed E-state index contributed by atoms with van der Waals surface area (Å²) in [5.41, 5.74) is 3.96. The van der Waals surface area contributed by atoms with Crippen LogP contribution in [0, 0.1) is 11.8 Å². The molecule has 1 aromatic heterocycles. The van der Waals surface area contributed by atoms with Gasteiger partial charge in [0.1, 0.15) is 0 Å². The van der Waals surface area contributed by atoms with E-state index < -0.39 is 0 Å². The van der Waals surface area contributed by atoms with E-state index in [9.17, 15) is 0 Å². The Kier molecular flexibility index (Phi) is 3.94. The maximum Gasteiger partial charge on any atom is 0.0346 e. The van der Waals surface area contributed by atoms with Crippen molar-refractivity contribution in [1.29, 1.82) is 0 Å². The van der Waals surface area contributed by atoms with Gasteiger partial charge in [0.2, 0.25) is 0 Å². The molecule has 22 heavy (non-hydrogen) atoms. The summed E-state index contributed by atoms with van der Waals surface area (Å²) in [5, 5.41) is 3.62. The fourth-order valence-electron chi connectivity index (χ4n) is 4.26. The highest BCUT2D eigenvalue weighted by molar-refractivity contribution is 5.62. The van der Waals surface area contributed by atoms with Crippen molar-refractivity contribution in [1.82, 2.24) is 10.3 Å². The molecule has 3 atom stereocenters. The third-order valence-electron chi connectivity index (χ3n) is 5.41. The molecule has 1 saturated carbocycles. The van der Waals surface area contributed by atoms with Crippen molar-refractivity contribution in [2.24, 2.45) is 11.8 Å². The average Bonchev–Trinajstić information content (AvgIpc) is 2.74. The van der Waals surface area contributed by atoms with Crippen molar-refractivity contribution in [3.8, 4) is 11.1 Å². The lowest BCUT2D eigenvalue weighted by atomic mass is 9.86. The molecule has 2 fully saturated rings. The van der Waals surface area contributed by atoms with Gasteiger partial charge in [-0.2, -0.15) is 0 Å². The Morgan fingerprint density at radius 2 is 1.73 bits per heavy atom. The molecule has 2 aromatic rings. The number of hydrogen-bond donors (Lipinski definition) is 1. The molecule has 2 bridgehead atoms. The van der Waals surface area contributed by atoms with Gasteiger partial charge in [0.15, 0.2) is 0 Å². The molecule has 4 rings (SSSR count). The molecule has 1 aliphatic heterocycles. The lowest BCUT2D eigenvalue weighted by molar-refractivity contribution is 0.289. The van der Waals surface area contributed by atoms with Crippen LogP contribution in [0.2, 0.25) is 0 Å².